The maximum atomic E-state index is 14.2. The van der Waals surface area contributed by atoms with Gasteiger partial charge in [0.25, 0.3) is 0 Å². The van der Waals surface area contributed by atoms with E-state index in [-0.39, 0.29) is 52.6 Å². The average molecular weight is 822 g/mol. The number of nitrogens with one attached hydrogen (secondary N) is 1. The van der Waals surface area contributed by atoms with Gasteiger partial charge in [0.1, 0.15) is 12.2 Å². The Balaban J connectivity index is 0.00000174. The highest BCUT2D eigenvalue weighted by Gasteiger charge is 2.64. The molecule has 57 heavy (non-hydrogen) atoms. The van der Waals surface area contributed by atoms with Crippen molar-refractivity contribution in [1.82, 2.24) is 5.32 Å². The molecule has 9 heteroatoms. The summed E-state index contributed by atoms with van der Waals surface area (Å²) in [6, 6.07) is 8.54. The van der Waals surface area contributed by atoms with Gasteiger partial charge in [-0.2, -0.15) is 12.6 Å². The van der Waals surface area contributed by atoms with Crippen molar-refractivity contribution in [3.05, 3.63) is 52.8 Å². The summed E-state index contributed by atoms with van der Waals surface area (Å²) in [7, 11) is 2.79. The van der Waals surface area contributed by atoms with Crippen molar-refractivity contribution in [2.45, 2.75) is 139 Å². The molecule has 1 aromatic carbocycles. The second kappa shape index (κ2) is 18.8. The number of hydrogen-bond donors (Lipinski definition) is 3. The van der Waals surface area contributed by atoms with Gasteiger partial charge < -0.3 is 19.9 Å². The summed E-state index contributed by atoms with van der Waals surface area (Å²) in [5.74, 6) is 1.74. The summed E-state index contributed by atoms with van der Waals surface area (Å²) >= 11 is 3.53. The number of carbonyl (C=O) groups is 3. The molecule has 3 saturated carbocycles. The Bertz CT molecular complexity index is 1720. The van der Waals surface area contributed by atoms with Crippen molar-refractivity contribution in [2.24, 2.45) is 57.2 Å². The first kappa shape index (κ1) is 47.1. The zero-order valence-corrected chi connectivity index (χ0v) is 38.5. The fraction of sp³-hybridized carbons (Fsp3) is 0.688. The molecule has 7 nitrogen and oxygen atoms in total. The van der Waals surface area contributed by atoms with Crippen molar-refractivity contribution < 1.29 is 29.0 Å². The second-order valence-corrected chi connectivity index (χ2v) is 19.7. The van der Waals surface area contributed by atoms with Crippen molar-refractivity contribution in [3.63, 3.8) is 0 Å². The Hall–Kier alpha value is -2.59. The fourth-order valence-corrected chi connectivity index (χ4v) is 12.8. The number of benzene rings is 1. The average Bonchev–Trinajstić information content (AvgIpc) is 3.46. The van der Waals surface area contributed by atoms with Gasteiger partial charge in [0.15, 0.2) is 5.78 Å². The first-order valence-corrected chi connectivity index (χ1v) is 22.7. The van der Waals surface area contributed by atoms with Crippen molar-refractivity contribution in [1.29, 1.82) is 0 Å². The number of rotatable bonds is 10. The summed E-state index contributed by atoms with van der Waals surface area (Å²) in [5.41, 5.74) is 2.35. The van der Waals surface area contributed by atoms with Crippen molar-refractivity contribution >= 4 is 44.9 Å². The summed E-state index contributed by atoms with van der Waals surface area (Å²) in [6.07, 6.45) is 19.2. The minimum atomic E-state index is -1.15. The molecule has 0 radical (unpaired) electrons. The van der Waals surface area contributed by atoms with Crippen LogP contribution in [0, 0.1) is 70.0 Å². The van der Waals surface area contributed by atoms with Crippen LogP contribution in [0.1, 0.15) is 126 Å². The largest absolute Gasteiger partial charge is 0.493 e. The van der Waals surface area contributed by atoms with E-state index in [9.17, 15) is 19.5 Å². The van der Waals surface area contributed by atoms with Gasteiger partial charge in [-0.1, -0.05) is 65.8 Å². The molecule has 1 heterocycles. The first-order chi connectivity index (χ1) is 26.9. The number of carboxylic acid groups (broad SMARTS) is 1. The van der Waals surface area contributed by atoms with E-state index >= 15 is 0 Å². The lowest BCUT2D eigenvalue weighted by atomic mass is 9.39. The molecule has 11 atom stereocenters. The van der Waals surface area contributed by atoms with E-state index in [0.717, 1.165) is 62.8 Å². The lowest BCUT2D eigenvalue weighted by Crippen LogP contribution is -2.60. The van der Waals surface area contributed by atoms with Crippen molar-refractivity contribution in [2.75, 3.05) is 12.8 Å². The van der Waals surface area contributed by atoms with Gasteiger partial charge in [-0.05, 0) is 146 Å². The van der Waals surface area contributed by atoms with Crippen LogP contribution in [0.15, 0.2) is 47.2 Å². The number of thiol groups is 1. The van der Waals surface area contributed by atoms with E-state index in [1.165, 1.54) is 16.4 Å². The molecule has 1 aromatic rings. The van der Waals surface area contributed by atoms with Crippen LogP contribution in [-0.2, 0) is 30.4 Å². The first-order valence-electron chi connectivity index (χ1n) is 21.3. The summed E-state index contributed by atoms with van der Waals surface area (Å²) in [4.78, 5) is 39.0. The molecule has 6 rings (SSSR count). The molecule has 2 N–H and O–H groups in total. The Kier molecular flexibility index (Phi) is 15.5. The van der Waals surface area contributed by atoms with Crippen LogP contribution >= 0.6 is 21.9 Å². The number of ether oxygens (including phenoxy) is 2. The van der Waals surface area contributed by atoms with Gasteiger partial charge >= 0.3 is 11.9 Å². The molecule has 0 spiro atoms. The van der Waals surface area contributed by atoms with Crippen LogP contribution in [0.4, 0.5) is 0 Å². The maximum Gasteiger partial charge on any atom is 0.309 e. The Labute approximate surface area is 352 Å². The van der Waals surface area contributed by atoms with E-state index in [1.54, 1.807) is 20.1 Å². The van der Waals surface area contributed by atoms with E-state index in [2.05, 4.69) is 119 Å². The quantitative estimate of drug-likeness (QED) is 0.0936. The number of Topliss-reactive ketones (excluding diaryl/α,β-unsaturated/α-hetero) is 1. The molecule has 10 unspecified atom stereocenters. The number of ketones is 1. The summed E-state index contributed by atoms with van der Waals surface area (Å²) < 4.78 is 13.2. The lowest BCUT2D eigenvalue weighted by Gasteiger charge is -2.66. The van der Waals surface area contributed by atoms with Crippen LogP contribution in [0.3, 0.4) is 0 Å². The standard InChI is InChI=1S/C45H66NO6P.C2H2.CH4S/c1-10-45-22-34(47)39(26(2)3)40(45)31-14-15-36-43(8)19-17-35(52-38(48)23-42(6,7)41(49)50)28(5)32(43)16-18-44(36,9)33(31)20-27(4)51-37(45)25-46-24-29-12-11-13-30(53)21-29;2*1-2/h11-13,20-21,26,28,31-33,35-37,46H,10,14-19,22-25,53H2,1-9H3,(H,49,50);1-2H;2H,1H3/t28?,31?,32?,33?,35?,36?,37-,43?,44?,45?;;/m1../s1. The Morgan fingerprint density at radius 3 is 2.39 bits per heavy atom. The predicted octanol–water partition coefficient (Wildman–Crippen LogP) is 9.60. The third kappa shape index (κ3) is 8.98. The molecule has 5 aliphatic rings. The van der Waals surface area contributed by atoms with Crippen LogP contribution in [0.25, 0.3) is 0 Å². The highest BCUT2D eigenvalue weighted by atomic mass is 32.1. The van der Waals surface area contributed by atoms with Crippen molar-refractivity contribution in [3.8, 4) is 12.8 Å². The third-order valence-corrected chi connectivity index (χ3v) is 15.5. The maximum absolute atomic E-state index is 14.2. The second-order valence-electron chi connectivity index (χ2n) is 19.1. The normalized spacial score (nSPS) is 34.5. The predicted molar refractivity (Wildman–Crippen MR) is 238 cm³/mol. The zero-order chi connectivity index (χ0) is 42.7. The molecule has 0 bridgehead atoms. The molecule has 3 fully saturated rings. The summed E-state index contributed by atoms with van der Waals surface area (Å²) in [5, 5.41) is 14.5. The van der Waals surface area contributed by atoms with E-state index in [1.807, 2.05) is 0 Å². The molecule has 316 valence electrons. The topological polar surface area (TPSA) is 102 Å². The minimum absolute atomic E-state index is 0.0298. The lowest BCUT2D eigenvalue weighted by molar-refractivity contribution is -0.186. The van der Waals surface area contributed by atoms with Crippen LogP contribution < -0.4 is 10.6 Å². The smallest absolute Gasteiger partial charge is 0.309 e. The Morgan fingerprint density at radius 1 is 1.11 bits per heavy atom. The fourth-order valence-electron chi connectivity index (χ4n) is 12.5. The van der Waals surface area contributed by atoms with Gasteiger partial charge in [-0.25, -0.2) is 0 Å². The number of hydrogen-bond acceptors (Lipinski definition) is 7. The van der Waals surface area contributed by atoms with Gasteiger partial charge in [-0.3, -0.25) is 14.4 Å². The van der Waals surface area contributed by atoms with Gasteiger partial charge in [0.05, 0.1) is 17.6 Å². The summed E-state index contributed by atoms with van der Waals surface area (Å²) in [6.45, 7) is 20.8. The molecule has 0 amide bonds. The van der Waals surface area contributed by atoms with Gasteiger partial charge in [-0.15, -0.1) is 22.1 Å². The third-order valence-electron chi connectivity index (χ3n) is 15.2. The Morgan fingerprint density at radius 2 is 1.77 bits per heavy atom. The SMILES string of the molecule is C#C.CCC12CC(=O)C(C(C)C)=C1C1CCC3C(C)(CCC4C(C)C(OC(=O)CC(C)(C)C(=O)O)CCC43C)C1C=C(C)O[C@@H]2CNCc1cccc(P)c1.CS. The number of terminal acetylenes is 1. The van der Waals surface area contributed by atoms with Gasteiger partial charge in [0.2, 0.25) is 0 Å². The number of allylic oxidation sites excluding steroid dienone is 3. The number of fused-ring (bicyclic) bond motifs is 7. The number of aliphatic carboxylic acids is 1. The number of esters is 1. The molecule has 0 aromatic heterocycles. The van der Waals surface area contributed by atoms with Crippen LogP contribution in [0.5, 0.6) is 0 Å². The van der Waals surface area contributed by atoms with Crippen LogP contribution in [0.2, 0.25) is 0 Å². The molecule has 1 aliphatic heterocycles. The van der Waals surface area contributed by atoms with E-state index in [4.69, 9.17) is 9.47 Å². The van der Waals surface area contributed by atoms with Crippen LogP contribution in [-0.4, -0.2) is 47.8 Å². The van der Waals surface area contributed by atoms with E-state index in [0.29, 0.717) is 36.5 Å². The number of carbonyl (C=O) groups excluding carboxylic acids is 2. The molecular weight excluding hydrogens is 750 g/mol. The zero-order valence-electron chi connectivity index (χ0n) is 36.5. The highest BCUT2D eigenvalue weighted by Crippen LogP contribution is 2.70. The van der Waals surface area contributed by atoms with Gasteiger partial charge in [0, 0.05) is 24.9 Å². The highest BCUT2D eigenvalue weighted by molar-refractivity contribution is 7.79. The monoisotopic (exact) mass is 821 g/mol. The molecule has 4 aliphatic carbocycles. The van der Waals surface area contributed by atoms with E-state index < -0.39 is 17.4 Å². The minimum Gasteiger partial charge on any atom is -0.493 e. The molecule has 0 saturated heterocycles. The number of carboxylic acids is 1. The molecular formula is C48H72NO6PS.